The number of hydrogen-bond donors (Lipinski definition) is 1. The van der Waals surface area contributed by atoms with Crippen LogP contribution in [0.2, 0.25) is 0 Å². The molecule has 0 saturated heterocycles. The van der Waals surface area contributed by atoms with E-state index in [0.717, 1.165) is 0 Å². The third kappa shape index (κ3) is 2.37. The highest BCUT2D eigenvalue weighted by atomic mass is 19.3. The second-order valence-corrected chi connectivity index (χ2v) is 4.06. The Morgan fingerprint density at radius 2 is 2.28 bits per heavy atom. The van der Waals surface area contributed by atoms with Gasteiger partial charge in [0.05, 0.1) is 12.2 Å². The first-order valence-electron chi connectivity index (χ1n) is 5.52. The summed E-state index contributed by atoms with van der Waals surface area (Å²) in [4.78, 5) is 11.4. The Balaban J connectivity index is 2.48. The van der Waals surface area contributed by atoms with Crippen LogP contribution in [0.3, 0.4) is 0 Å². The van der Waals surface area contributed by atoms with Crippen LogP contribution in [-0.4, -0.2) is 25.0 Å². The second-order valence-electron chi connectivity index (χ2n) is 4.06. The molecule has 4 nitrogen and oxygen atoms in total. The third-order valence-electron chi connectivity index (χ3n) is 2.60. The fourth-order valence-corrected chi connectivity index (χ4v) is 1.83. The maximum atomic E-state index is 12.3. The molecule has 1 aromatic carbocycles. The lowest BCUT2D eigenvalue weighted by Crippen LogP contribution is -2.29. The molecule has 0 amide bonds. The topological polar surface area (TPSA) is 47.6 Å². The summed E-state index contributed by atoms with van der Waals surface area (Å²) in [6.07, 6.45) is -0.181. The van der Waals surface area contributed by atoms with Crippen molar-refractivity contribution >= 4 is 11.5 Å². The van der Waals surface area contributed by atoms with Gasteiger partial charge in [-0.1, -0.05) is 0 Å². The lowest BCUT2D eigenvalue weighted by Gasteiger charge is -2.27. The molecule has 98 valence electrons. The van der Waals surface area contributed by atoms with Crippen LogP contribution in [0.15, 0.2) is 12.1 Å². The molecule has 18 heavy (non-hydrogen) atoms. The van der Waals surface area contributed by atoms with Crippen LogP contribution in [-0.2, 0) is 0 Å². The van der Waals surface area contributed by atoms with E-state index in [1.807, 2.05) is 0 Å². The number of carbonyl (C=O) groups excluding carboxylic acids is 1. The summed E-state index contributed by atoms with van der Waals surface area (Å²) < 4.78 is 34.4. The van der Waals surface area contributed by atoms with E-state index < -0.39 is 6.61 Å². The van der Waals surface area contributed by atoms with Crippen LogP contribution in [0, 0.1) is 0 Å². The van der Waals surface area contributed by atoms with Crippen LogP contribution in [0.1, 0.15) is 24.2 Å². The predicted octanol–water partition coefficient (Wildman–Crippen LogP) is 2.68. The largest absolute Gasteiger partial charge is 0.483 e. The molecule has 0 bridgehead atoms. The van der Waals surface area contributed by atoms with Gasteiger partial charge in [0.1, 0.15) is 6.10 Å². The Hall–Kier alpha value is -1.85. The van der Waals surface area contributed by atoms with Gasteiger partial charge in [-0.3, -0.25) is 4.79 Å². The molecule has 1 N–H and O–H groups in total. The van der Waals surface area contributed by atoms with Crippen molar-refractivity contribution in [2.75, 3.05) is 11.9 Å². The van der Waals surface area contributed by atoms with Gasteiger partial charge in [0, 0.05) is 5.56 Å². The fourth-order valence-electron chi connectivity index (χ4n) is 1.83. The molecule has 1 aliphatic rings. The maximum absolute atomic E-state index is 12.3. The first kappa shape index (κ1) is 12.6. The van der Waals surface area contributed by atoms with E-state index in [4.69, 9.17) is 4.74 Å². The van der Waals surface area contributed by atoms with E-state index in [0.29, 0.717) is 17.8 Å². The Morgan fingerprint density at radius 1 is 1.56 bits per heavy atom. The Bertz CT molecular complexity index is 477. The van der Waals surface area contributed by atoms with Crippen molar-refractivity contribution in [1.82, 2.24) is 0 Å². The summed E-state index contributed by atoms with van der Waals surface area (Å²) in [6, 6.07) is 2.77. The van der Waals surface area contributed by atoms with Gasteiger partial charge >= 0.3 is 6.61 Å². The summed E-state index contributed by atoms with van der Waals surface area (Å²) in [5.41, 5.74) is 0.817. The molecule has 0 aromatic heterocycles. The lowest BCUT2D eigenvalue weighted by atomic mass is 10.1. The van der Waals surface area contributed by atoms with Crippen molar-refractivity contribution < 1.29 is 23.0 Å². The monoisotopic (exact) mass is 257 g/mol. The van der Waals surface area contributed by atoms with Gasteiger partial charge < -0.3 is 14.8 Å². The maximum Gasteiger partial charge on any atom is 0.387 e. The zero-order chi connectivity index (χ0) is 13.3. The number of fused-ring (bicyclic) bond motifs is 1. The SMILES string of the molecule is CC(=O)c1ccc(OC(F)F)c2c1NCC(C)O2. The van der Waals surface area contributed by atoms with Gasteiger partial charge in [0.15, 0.2) is 17.3 Å². The van der Waals surface area contributed by atoms with Crippen LogP contribution in [0.25, 0.3) is 0 Å². The van der Waals surface area contributed by atoms with Crippen molar-refractivity contribution in [3.05, 3.63) is 17.7 Å². The molecule has 0 spiro atoms. The van der Waals surface area contributed by atoms with Crippen LogP contribution < -0.4 is 14.8 Å². The predicted molar refractivity (Wildman–Crippen MR) is 61.7 cm³/mol. The minimum absolute atomic E-state index is 0.0657. The molecule has 0 fully saturated rings. The van der Waals surface area contributed by atoms with Gasteiger partial charge in [-0.25, -0.2) is 0 Å². The molecule has 1 aliphatic heterocycles. The number of rotatable bonds is 3. The minimum Gasteiger partial charge on any atom is -0.483 e. The van der Waals surface area contributed by atoms with Crippen molar-refractivity contribution in [2.24, 2.45) is 0 Å². The molecule has 2 rings (SSSR count). The summed E-state index contributed by atoms with van der Waals surface area (Å²) in [7, 11) is 0. The number of ketones is 1. The minimum atomic E-state index is -2.93. The Labute approximate surface area is 103 Å². The van der Waals surface area contributed by atoms with Gasteiger partial charge in [0.2, 0.25) is 0 Å². The number of hydrogen-bond acceptors (Lipinski definition) is 4. The molecule has 0 saturated carbocycles. The summed E-state index contributed by atoms with van der Waals surface area (Å²) in [5, 5.41) is 3.01. The average molecular weight is 257 g/mol. The molecule has 0 radical (unpaired) electrons. The van der Waals surface area contributed by atoms with E-state index in [9.17, 15) is 13.6 Å². The number of anilines is 1. The molecule has 1 atom stereocenters. The lowest BCUT2D eigenvalue weighted by molar-refractivity contribution is -0.0519. The van der Waals surface area contributed by atoms with E-state index in [-0.39, 0.29) is 23.4 Å². The Morgan fingerprint density at radius 3 is 2.89 bits per heavy atom. The number of ether oxygens (including phenoxy) is 2. The highest BCUT2D eigenvalue weighted by Gasteiger charge is 2.25. The summed E-state index contributed by atoms with van der Waals surface area (Å²) in [6.45, 7) is 0.773. The zero-order valence-electron chi connectivity index (χ0n) is 10.00. The zero-order valence-corrected chi connectivity index (χ0v) is 10.00. The molecular formula is C12H13F2NO3. The third-order valence-corrected chi connectivity index (χ3v) is 2.60. The highest BCUT2D eigenvalue weighted by Crippen LogP contribution is 2.41. The van der Waals surface area contributed by atoms with Crippen LogP contribution >= 0.6 is 0 Å². The van der Waals surface area contributed by atoms with Crippen molar-refractivity contribution in [3.8, 4) is 11.5 Å². The molecule has 0 aliphatic carbocycles. The van der Waals surface area contributed by atoms with Gasteiger partial charge in [0.25, 0.3) is 0 Å². The van der Waals surface area contributed by atoms with E-state index in [2.05, 4.69) is 10.1 Å². The normalized spacial score (nSPS) is 17.7. The molecule has 1 unspecified atom stereocenters. The number of alkyl halides is 2. The van der Waals surface area contributed by atoms with Gasteiger partial charge in [-0.15, -0.1) is 0 Å². The number of Topliss-reactive ketones (excluding diaryl/α,β-unsaturated/α-hetero) is 1. The van der Waals surface area contributed by atoms with Crippen LogP contribution in [0.4, 0.5) is 14.5 Å². The number of carbonyl (C=O) groups is 1. The first-order valence-corrected chi connectivity index (χ1v) is 5.52. The highest BCUT2D eigenvalue weighted by molar-refractivity contribution is 6.01. The molecule has 1 aromatic rings. The number of nitrogens with one attached hydrogen (secondary N) is 1. The van der Waals surface area contributed by atoms with E-state index in [1.54, 1.807) is 6.92 Å². The van der Waals surface area contributed by atoms with E-state index >= 15 is 0 Å². The number of halogens is 2. The van der Waals surface area contributed by atoms with Crippen molar-refractivity contribution in [2.45, 2.75) is 26.6 Å². The van der Waals surface area contributed by atoms with E-state index in [1.165, 1.54) is 19.1 Å². The van der Waals surface area contributed by atoms with Gasteiger partial charge in [-0.2, -0.15) is 8.78 Å². The smallest absolute Gasteiger partial charge is 0.387 e. The molecule has 1 heterocycles. The summed E-state index contributed by atoms with van der Waals surface area (Å²) in [5.74, 6) is -0.0636. The second kappa shape index (κ2) is 4.80. The average Bonchev–Trinajstić information content (AvgIpc) is 2.28. The quantitative estimate of drug-likeness (QED) is 0.846. The van der Waals surface area contributed by atoms with Gasteiger partial charge in [-0.05, 0) is 26.0 Å². The fraction of sp³-hybridized carbons (Fsp3) is 0.417. The standard InChI is InChI=1S/C12H13F2NO3/c1-6-5-15-10-8(7(2)16)3-4-9(11(10)17-6)18-12(13)14/h3-4,6,12,15H,5H2,1-2H3. The van der Waals surface area contributed by atoms with Crippen LogP contribution in [0.5, 0.6) is 11.5 Å². The molecular weight excluding hydrogens is 244 g/mol. The van der Waals surface area contributed by atoms with Crippen molar-refractivity contribution in [3.63, 3.8) is 0 Å². The Kier molecular flexibility index (Phi) is 3.36. The summed E-state index contributed by atoms with van der Waals surface area (Å²) >= 11 is 0. The molecule has 6 heteroatoms. The first-order chi connectivity index (χ1) is 8.49. The van der Waals surface area contributed by atoms with Crippen molar-refractivity contribution in [1.29, 1.82) is 0 Å². The number of benzene rings is 1.